The quantitative estimate of drug-likeness (QED) is 0.796. The Morgan fingerprint density at radius 3 is 3.14 bits per heavy atom. The lowest BCUT2D eigenvalue weighted by molar-refractivity contribution is 0.503. The first-order valence-corrected chi connectivity index (χ1v) is 6.38. The second-order valence-corrected chi connectivity index (χ2v) is 5.66. The summed E-state index contributed by atoms with van der Waals surface area (Å²) in [4.78, 5) is 1.62. The largest absolute Gasteiger partial charge is 0.328 e. The van der Waals surface area contributed by atoms with Crippen LogP contribution in [0.4, 0.5) is 0 Å². The molecule has 0 saturated heterocycles. The minimum absolute atomic E-state index is 0.297. The molecule has 2 unspecified atom stereocenters. The molecule has 78 valence electrons. The fraction of sp³-hybridized carbons (Fsp3) is 0.667. The van der Waals surface area contributed by atoms with Crippen molar-refractivity contribution in [2.24, 2.45) is 11.7 Å². The zero-order chi connectivity index (χ0) is 10.1. The normalized spacial score (nSPS) is 23.2. The highest BCUT2D eigenvalue weighted by Crippen LogP contribution is 2.33. The predicted molar refractivity (Wildman–Crippen MR) is 62.9 cm³/mol. The fourth-order valence-corrected chi connectivity index (χ4v) is 3.38. The van der Waals surface area contributed by atoms with Gasteiger partial charge in [-0.3, -0.25) is 0 Å². The molecular weight excluding hydrogens is 190 g/mol. The maximum absolute atomic E-state index is 5.86. The molecule has 1 aromatic heterocycles. The maximum Gasteiger partial charge on any atom is 0.00802 e. The van der Waals surface area contributed by atoms with Gasteiger partial charge in [0.1, 0.15) is 0 Å². The lowest BCUT2D eigenvalue weighted by atomic mass is 9.87. The van der Waals surface area contributed by atoms with Gasteiger partial charge in [-0.25, -0.2) is 0 Å². The van der Waals surface area contributed by atoms with Crippen LogP contribution in [0.1, 0.15) is 36.3 Å². The topological polar surface area (TPSA) is 26.0 Å². The number of fused-ring (bicyclic) bond motifs is 1. The molecule has 1 aliphatic carbocycles. The van der Waals surface area contributed by atoms with E-state index in [9.17, 15) is 0 Å². The molecule has 0 amide bonds. The van der Waals surface area contributed by atoms with Gasteiger partial charge in [0.25, 0.3) is 0 Å². The molecule has 0 fully saturated rings. The Hall–Kier alpha value is -0.340. The second-order valence-electron chi connectivity index (χ2n) is 4.69. The van der Waals surface area contributed by atoms with Gasteiger partial charge in [-0.15, -0.1) is 11.3 Å². The molecule has 1 heterocycles. The molecule has 0 radical (unpaired) electrons. The number of aryl methyl sites for hydroxylation is 1. The maximum atomic E-state index is 5.86. The number of nitrogens with two attached hydrogens (primary N) is 1. The zero-order valence-corrected chi connectivity index (χ0v) is 9.86. The average molecular weight is 209 g/mol. The Morgan fingerprint density at radius 1 is 1.64 bits per heavy atom. The summed E-state index contributed by atoms with van der Waals surface area (Å²) >= 11 is 1.94. The van der Waals surface area contributed by atoms with Gasteiger partial charge in [-0.05, 0) is 55.0 Å². The number of hydrogen-bond donors (Lipinski definition) is 1. The van der Waals surface area contributed by atoms with Crippen molar-refractivity contribution in [2.75, 3.05) is 0 Å². The smallest absolute Gasteiger partial charge is 0.00802 e. The van der Waals surface area contributed by atoms with Gasteiger partial charge in [0.05, 0.1) is 0 Å². The Labute approximate surface area is 90.3 Å². The van der Waals surface area contributed by atoms with E-state index in [2.05, 4.69) is 19.2 Å². The van der Waals surface area contributed by atoms with Gasteiger partial charge in [0.2, 0.25) is 0 Å². The molecule has 1 aliphatic rings. The highest BCUT2D eigenvalue weighted by Gasteiger charge is 2.20. The Morgan fingerprint density at radius 2 is 2.43 bits per heavy atom. The average Bonchev–Trinajstić information content (AvgIpc) is 2.47. The summed E-state index contributed by atoms with van der Waals surface area (Å²) in [7, 11) is 0. The molecule has 0 aliphatic heterocycles. The molecule has 2 atom stereocenters. The van der Waals surface area contributed by atoms with Crippen LogP contribution < -0.4 is 5.73 Å². The highest BCUT2D eigenvalue weighted by atomic mass is 32.1. The van der Waals surface area contributed by atoms with E-state index in [1.165, 1.54) is 24.8 Å². The molecule has 0 spiro atoms. The first-order chi connectivity index (χ1) is 6.66. The zero-order valence-electron chi connectivity index (χ0n) is 9.05. The Bertz CT molecular complexity index is 314. The molecule has 14 heavy (non-hydrogen) atoms. The first kappa shape index (κ1) is 10.2. The highest BCUT2D eigenvalue weighted by molar-refractivity contribution is 7.10. The summed E-state index contributed by atoms with van der Waals surface area (Å²) in [6.45, 7) is 4.45. The van der Waals surface area contributed by atoms with Crippen molar-refractivity contribution in [3.8, 4) is 0 Å². The summed E-state index contributed by atoms with van der Waals surface area (Å²) in [5.74, 6) is 0.865. The van der Waals surface area contributed by atoms with E-state index in [-0.39, 0.29) is 0 Å². The van der Waals surface area contributed by atoms with Crippen LogP contribution in [0.2, 0.25) is 0 Å². The third-order valence-corrected chi connectivity index (χ3v) is 4.16. The Balaban J connectivity index is 2.22. The van der Waals surface area contributed by atoms with Crippen molar-refractivity contribution in [2.45, 2.75) is 45.6 Å². The minimum atomic E-state index is 0.297. The van der Waals surface area contributed by atoms with Crippen LogP contribution in [-0.4, -0.2) is 6.04 Å². The summed E-state index contributed by atoms with van der Waals surface area (Å²) in [6, 6.07) is 0.297. The third kappa shape index (κ3) is 2.01. The molecule has 0 bridgehead atoms. The molecule has 0 saturated carbocycles. The van der Waals surface area contributed by atoms with Gasteiger partial charge in [0, 0.05) is 10.9 Å². The van der Waals surface area contributed by atoms with Crippen LogP contribution in [-0.2, 0) is 19.3 Å². The van der Waals surface area contributed by atoms with Crippen LogP contribution in [0.25, 0.3) is 0 Å². The molecule has 2 heteroatoms. The second kappa shape index (κ2) is 4.03. The van der Waals surface area contributed by atoms with Crippen molar-refractivity contribution < 1.29 is 0 Å². The number of rotatable bonds is 2. The Kier molecular flexibility index (Phi) is 2.93. The lowest BCUT2D eigenvalue weighted by Gasteiger charge is -2.19. The monoisotopic (exact) mass is 209 g/mol. The van der Waals surface area contributed by atoms with E-state index in [4.69, 9.17) is 5.73 Å². The van der Waals surface area contributed by atoms with Crippen molar-refractivity contribution in [1.82, 2.24) is 0 Å². The minimum Gasteiger partial charge on any atom is -0.328 e. The van der Waals surface area contributed by atoms with E-state index in [1.807, 2.05) is 11.3 Å². The lowest BCUT2D eigenvalue weighted by Crippen LogP contribution is -2.19. The van der Waals surface area contributed by atoms with E-state index in [0.29, 0.717) is 6.04 Å². The molecule has 2 rings (SSSR count). The van der Waals surface area contributed by atoms with E-state index >= 15 is 0 Å². The van der Waals surface area contributed by atoms with Gasteiger partial charge in [-0.2, -0.15) is 0 Å². The summed E-state index contributed by atoms with van der Waals surface area (Å²) in [5, 5.41) is 2.33. The van der Waals surface area contributed by atoms with Gasteiger partial charge in [-0.1, -0.05) is 6.92 Å². The molecule has 0 aromatic carbocycles. The van der Waals surface area contributed by atoms with Crippen molar-refractivity contribution >= 4 is 11.3 Å². The molecular formula is C12H19NS. The van der Waals surface area contributed by atoms with Crippen molar-refractivity contribution in [3.63, 3.8) is 0 Å². The fourth-order valence-electron chi connectivity index (χ4n) is 2.26. The van der Waals surface area contributed by atoms with E-state index in [0.717, 1.165) is 12.3 Å². The van der Waals surface area contributed by atoms with Crippen LogP contribution in [0, 0.1) is 5.92 Å². The number of hydrogen-bond acceptors (Lipinski definition) is 2. The van der Waals surface area contributed by atoms with Gasteiger partial charge >= 0.3 is 0 Å². The van der Waals surface area contributed by atoms with Crippen molar-refractivity contribution in [3.05, 3.63) is 21.4 Å². The predicted octanol–water partition coefficient (Wildman–Crippen LogP) is 2.76. The van der Waals surface area contributed by atoms with Crippen molar-refractivity contribution in [1.29, 1.82) is 0 Å². The first-order valence-electron chi connectivity index (χ1n) is 5.50. The van der Waals surface area contributed by atoms with Crippen LogP contribution in [0.3, 0.4) is 0 Å². The summed E-state index contributed by atoms with van der Waals surface area (Å²) in [5.41, 5.74) is 9.01. The number of thiophene rings is 1. The van der Waals surface area contributed by atoms with Crippen LogP contribution in [0.15, 0.2) is 5.38 Å². The molecule has 1 nitrogen and oxygen atoms in total. The SMILES string of the molecule is CC(N)Cc1csc2c1CC(C)CC2. The summed E-state index contributed by atoms with van der Waals surface area (Å²) in [6.07, 6.45) is 4.99. The standard InChI is InChI=1S/C12H19NS/c1-8-3-4-12-11(5-8)10(7-14-12)6-9(2)13/h7-9H,3-6,13H2,1-2H3. The molecule has 1 aromatic rings. The van der Waals surface area contributed by atoms with E-state index < -0.39 is 0 Å². The van der Waals surface area contributed by atoms with Gasteiger partial charge < -0.3 is 5.73 Å². The van der Waals surface area contributed by atoms with Gasteiger partial charge in [0.15, 0.2) is 0 Å². The molecule has 2 N–H and O–H groups in total. The van der Waals surface area contributed by atoms with Crippen LogP contribution >= 0.6 is 11.3 Å². The van der Waals surface area contributed by atoms with Crippen LogP contribution in [0.5, 0.6) is 0 Å². The van der Waals surface area contributed by atoms with E-state index in [1.54, 1.807) is 10.4 Å². The summed E-state index contributed by atoms with van der Waals surface area (Å²) < 4.78 is 0. The third-order valence-electron chi connectivity index (χ3n) is 3.03.